The first-order chi connectivity index (χ1) is 27.7. The lowest BCUT2D eigenvalue weighted by atomic mass is 9.91. The van der Waals surface area contributed by atoms with Gasteiger partial charge in [-0.15, -0.1) is 22.7 Å². The lowest BCUT2D eigenvalue weighted by Gasteiger charge is -2.13. The number of fused-ring (bicyclic) bond motifs is 6. The topological polar surface area (TPSA) is 0 Å². The van der Waals surface area contributed by atoms with Gasteiger partial charge in [-0.25, -0.2) is 0 Å². The highest BCUT2D eigenvalue weighted by molar-refractivity contribution is 7.26. The Morgan fingerprint density at radius 3 is 0.946 bits per heavy atom. The van der Waals surface area contributed by atoms with Crippen molar-refractivity contribution in [2.75, 3.05) is 0 Å². The van der Waals surface area contributed by atoms with E-state index in [0.29, 0.717) is 0 Å². The van der Waals surface area contributed by atoms with Crippen LogP contribution in [0.3, 0.4) is 0 Å². The Hall–Kier alpha value is -6.58. The van der Waals surface area contributed by atoms with Crippen molar-refractivity contribution in [1.29, 1.82) is 0 Å². The molecule has 0 saturated heterocycles. The fraction of sp³-hybridized carbons (Fsp3) is 0. The largest absolute Gasteiger partial charge is 0.135 e. The molecule has 2 heteroatoms. The summed E-state index contributed by atoms with van der Waals surface area (Å²) in [6, 6.07) is 76.0. The van der Waals surface area contributed by atoms with E-state index in [0.717, 1.165) is 0 Å². The summed E-state index contributed by atoms with van der Waals surface area (Å²) >= 11 is 3.74. The van der Waals surface area contributed by atoms with Crippen LogP contribution in [0.4, 0.5) is 0 Å². The Kier molecular flexibility index (Phi) is 7.98. The Morgan fingerprint density at radius 2 is 0.482 bits per heavy atom. The van der Waals surface area contributed by atoms with E-state index < -0.39 is 0 Å². The van der Waals surface area contributed by atoms with E-state index in [-0.39, 0.29) is 0 Å². The van der Waals surface area contributed by atoms with Crippen molar-refractivity contribution in [3.63, 3.8) is 0 Å². The molecule has 0 spiro atoms. The lowest BCUT2D eigenvalue weighted by molar-refractivity contribution is 1.56. The van der Waals surface area contributed by atoms with Crippen LogP contribution in [0.25, 0.3) is 107 Å². The monoisotopic (exact) mass is 746 g/mol. The van der Waals surface area contributed by atoms with Crippen molar-refractivity contribution in [2.24, 2.45) is 0 Å². The first-order valence-corrected chi connectivity index (χ1v) is 20.7. The van der Waals surface area contributed by atoms with Crippen LogP contribution in [0.2, 0.25) is 0 Å². The maximum absolute atomic E-state index is 2.37. The van der Waals surface area contributed by atoms with Gasteiger partial charge in [-0.1, -0.05) is 146 Å². The number of hydrogen-bond donors (Lipinski definition) is 0. The summed E-state index contributed by atoms with van der Waals surface area (Å²) in [5, 5.41) is 5.32. The lowest BCUT2D eigenvalue weighted by Crippen LogP contribution is -1.87. The van der Waals surface area contributed by atoms with Crippen LogP contribution in [-0.4, -0.2) is 0 Å². The molecule has 0 aliphatic rings. The Labute approximate surface area is 334 Å². The molecule has 11 rings (SSSR count). The highest BCUT2D eigenvalue weighted by atomic mass is 32.1. The fourth-order valence-electron chi connectivity index (χ4n) is 8.20. The Balaban J connectivity index is 0.955. The predicted octanol–water partition coefficient (Wildman–Crippen LogP) is 16.4. The van der Waals surface area contributed by atoms with Crippen LogP contribution >= 0.6 is 22.7 Å². The number of benzene rings is 9. The maximum Gasteiger partial charge on any atom is 0.0361 e. The molecule has 262 valence electrons. The predicted molar refractivity (Wildman–Crippen MR) is 245 cm³/mol. The maximum atomic E-state index is 2.37. The van der Waals surface area contributed by atoms with Crippen molar-refractivity contribution in [1.82, 2.24) is 0 Å². The van der Waals surface area contributed by atoms with Crippen LogP contribution in [-0.2, 0) is 0 Å². The van der Waals surface area contributed by atoms with Crippen LogP contribution in [0.15, 0.2) is 206 Å². The van der Waals surface area contributed by atoms with Gasteiger partial charge in [0.1, 0.15) is 0 Å². The molecule has 56 heavy (non-hydrogen) atoms. The van der Waals surface area contributed by atoms with Crippen molar-refractivity contribution < 1.29 is 0 Å². The van der Waals surface area contributed by atoms with E-state index in [1.54, 1.807) is 0 Å². The van der Waals surface area contributed by atoms with Crippen LogP contribution in [0.5, 0.6) is 0 Å². The third-order valence-electron chi connectivity index (χ3n) is 11.1. The van der Waals surface area contributed by atoms with Gasteiger partial charge in [-0.05, 0) is 127 Å². The van der Waals surface area contributed by atoms with E-state index in [2.05, 4.69) is 206 Å². The molecule has 0 amide bonds. The second-order valence-electron chi connectivity index (χ2n) is 14.5. The third-order valence-corrected chi connectivity index (χ3v) is 13.3. The van der Waals surface area contributed by atoms with Gasteiger partial charge in [0.25, 0.3) is 0 Å². The molecule has 0 aliphatic carbocycles. The first kappa shape index (κ1) is 32.8. The zero-order valence-electron chi connectivity index (χ0n) is 30.4. The van der Waals surface area contributed by atoms with E-state index in [9.17, 15) is 0 Å². The SMILES string of the molecule is c1ccc(-c2cc(-c3cccc(-c4cccc(-c5cccc(-c6ccc7c(c6)sc6ccccc67)c5)c4)c3)cc(-c3ccc4c(c3)sc3ccccc34)c2)cc1. The molecular formula is C54H34S2. The molecule has 0 radical (unpaired) electrons. The van der Waals surface area contributed by atoms with Crippen molar-refractivity contribution in [2.45, 2.75) is 0 Å². The molecule has 2 aromatic heterocycles. The van der Waals surface area contributed by atoms with Crippen LogP contribution in [0, 0.1) is 0 Å². The summed E-state index contributed by atoms with van der Waals surface area (Å²) in [5.74, 6) is 0. The molecule has 0 saturated carbocycles. The molecule has 0 nitrogen and oxygen atoms in total. The summed E-state index contributed by atoms with van der Waals surface area (Å²) in [4.78, 5) is 0. The standard InChI is InChI=1S/C54H34S2/c1-2-11-35(12-3-1)44-30-45(32-46(31-44)43-24-26-50-48-20-5-7-22-52(48)56-54(50)34-43)41-18-10-16-39(29-41)37-14-8-13-36(27-37)38-15-9-17-40(28-38)42-23-25-49-47-19-4-6-21-51(47)55-53(49)33-42/h1-34H. The summed E-state index contributed by atoms with van der Waals surface area (Å²) in [6.07, 6.45) is 0. The van der Waals surface area contributed by atoms with Gasteiger partial charge in [0.05, 0.1) is 0 Å². The number of hydrogen-bond acceptors (Lipinski definition) is 2. The molecular weight excluding hydrogens is 713 g/mol. The van der Waals surface area contributed by atoms with Gasteiger partial charge in [0.15, 0.2) is 0 Å². The molecule has 0 unspecified atom stereocenters. The normalized spacial score (nSPS) is 11.6. The second-order valence-corrected chi connectivity index (χ2v) is 16.7. The zero-order chi connectivity index (χ0) is 37.0. The van der Waals surface area contributed by atoms with Crippen molar-refractivity contribution in [3.05, 3.63) is 206 Å². The highest BCUT2D eigenvalue weighted by Gasteiger charge is 2.13. The van der Waals surface area contributed by atoms with Crippen molar-refractivity contribution >= 4 is 63.0 Å². The average molecular weight is 747 g/mol. The molecule has 0 atom stereocenters. The summed E-state index contributed by atoms with van der Waals surface area (Å²) in [7, 11) is 0. The quantitative estimate of drug-likeness (QED) is 0.159. The average Bonchev–Trinajstić information content (AvgIpc) is 3.84. The summed E-state index contributed by atoms with van der Waals surface area (Å²) in [5.41, 5.74) is 14.6. The van der Waals surface area contributed by atoms with Gasteiger partial charge in [0.2, 0.25) is 0 Å². The molecule has 0 aliphatic heterocycles. The molecule has 0 fully saturated rings. The fourth-order valence-corrected chi connectivity index (χ4v) is 10.5. The van der Waals surface area contributed by atoms with E-state index in [4.69, 9.17) is 0 Å². The van der Waals surface area contributed by atoms with E-state index in [1.807, 2.05) is 22.7 Å². The van der Waals surface area contributed by atoms with Crippen LogP contribution < -0.4 is 0 Å². The molecule has 9 aromatic carbocycles. The second kappa shape index (κ2) is 13.6. The number of thiophene rings is 2. The van der Waals surface area contributed by atoms with Crippen LogP contribution in [0.1, 0.15) is 0 Å². The molecule has 2 heterocycles. The molecule has 0 bridgehead atoms. The van der Waals surface area contributed by atoms with Gasteiger partial charge in [-0.3, -0.25) is 0 Å². The third kappa shape index (κ3) is 5.92. The minimum absolute atomic E-state index is 1.20. The first-order valence-electron chi connectivity index (χ1n) is 19.1. The number of rotatable bonds is 6. The highest BCUT2D eigenvalue weighted by Crippen LogP contribution is 2.40. The smallest absolute Gasteiger partial charge is 0.0361 e. The zero-order valence-corrected chi connectivity index (χ0v) is 32.1. The Morgan fingerprint density at radius 1 is 0.179 bits per heavy atom. The van der Waals surface area contributed by atoms with Gasteiger partial charge in [0, 0.05) is 40.3 Å². The molecule has 0 N–H and O–H groups in total. The Bertz CT molecular complexity index is 3250. The summed E-state index contributed by atoms with van der Waals surface area (Å²) in [6.45, 7) is 0. The van der Waals surface area contributed by atoms with Gasteiger partial charge < -0.3 is 0 Å². The van der Waals surface area contributed by atoms with E-state index >= 15 is 0 Å². The van der Waals surface area contributed by atoms with Gasteiger partial charge in [-0.2, -0.15) is 0 Å². The molecule has 11 aromatic rings. The van der Waals surface area contributed by atoms with Gasteiger partial charge >= 0.3 is 0 Å². The summed E-state index contributed by atoms with van der Waals surface area (Å²) < 4.78 is 5.31. The minimum atomic E-state index is 1.20. The minimum Gasteiger partial charge on any atom is -0.135 e. The van der Waals surface area contributed by atoms with Crippen molar-refractivity contribution in [3.8, 4) is 66.8 Å². The van der Waals surface area contributed by atoms with E-state index in [1.165, 1.54) is 107 Å².